The SMILES string of the molecule is CCCCC[C@H](N)C(=O)CCC(=O)N(CCCC[C@H](NC(=O)N[C@@H](CCC(=O)OC(C)(C)C)C(=O)OC(C)(C)C)C(C)(C)C)CC(=O)OC(C)(C)C. The number of Topliss-reactive ketones (excluding diaryl/α,β-unsaturated/α-hetero) is 1. The zero-order chi connectivity index (χ0) is 40.5. The second-order valence-electron chi connectivity index (χ2n) is 17.7. The standard InChI is InChI=1S/C39H72N4O9/c1-14-15-16-19-27(40)29(44)22-23-31(45)43(26-33(47)51-38(8,9)10)25-18-17-20-30(36(2,3)4)42-35(49)41-28(34(48)52-39(11,12)13)21-24-32(46)50-37(5,6)7/h27-28,30H,14-26,40H2,1-13H3,(H2,41,42,49)/t27-,28-,30-/m0/s1. The van der Waals surface area contributed by atoms with Crippen molar-refractivity contribution in [1.82, 2.24) is 15.5 Å². The lowest BCUT2D eigenvalue weighted by Gasteiger charge is -2.33. The van der Waals surface area contributed by atoms with E-state index in [0.29, 0.717) is 25.7 Å². The average molecular weight is 741 g/mol. The third-order valence-corrected chi connectivity index (χ3v) is 7.79. The lowest BCUT2D eigenvalue weighted by atomic mass is 9.83. The zero-order valence-electron chi connectivity index (χ0n) is 34.6. The maximum Gasteiger partial charge on any atom is 0.329 e. The molecule has 0 fully saturated rings. The van der Waals surface area contributed by atoms with Crippen LogP contribution in [0.4, 0.5) is 4.79 Å². The number of carbonyl (C=O) groups is 6. The highest BCUT2D eigenvalue weighted by molar-refractivity contribution is 5.89. The molecule has 0 rings (SSSR count). The largest absolute Gasteiger partial charge is 0.460 e. The van der Waals surface area contributed by atoms with Crippen LogP contribution in [-0.4, -0.2) is 88.5 Å². The molecule has 0 saturated carbocycles. The van der Waals surface area contributed by atoms with E-state index in [0.717, 1.165) is 19.3 Å². The third-order valence-electron chi connectivity index (χ3n) is 7.79. The second kappa shape index (κ2) is 22.1. The molecule has 3 amide bonds. The van der Waals surface area contributed by atoms with Crippen LogP contribution in [0.5, 0.6) is 0 Å². The molecule has 0 spiro atoms. The molecule has 302 valence electrons. The van der Waals surface area contributed by atoms with Crippen molar-refractivity contribution in [3.05, 3.63) is 0 Å². The van der Waals surface area contributed by atoms with Gasteiger partial charge in [0.05, 0.1) is 6.04 Å². The number of carbonyl (C=O) groups excluding carboxylic acids is 6. The van der Waals surface area contributed by atoms with Crippen molar-refractivity contribution >= 4 is 35.6 Å². The summed E-state index contributed by atoms with van der Waals surface area (Å²) in [4.78, 5) is 78.7. The predicted molar refractivity (Wildman–Crippen MR) is 202 cm³/mol. The Labute approximate surface area is 313 Å². The first kappa shape index (κ1) is 48.8. The molecule has 0 unspecified atom stereocenters. The summed E-state index contributed by atoms with van der Waals surface area (Å²) in [6, 6.07) is -2.61. The number of esters is 3. The summed E-state index contributed by atoms with van der Waals surface area (Å²) in [6.45, 7) is 23.7. The highest BCUT2D eigenvalue weighted by Crippen LogP contribution is 2.24. The molecule has 3 atom stereocenters. The summed E-state index contributed by atoms with van der Waals surface area (Å²) in [5, 5.41) is 5.68. The predicted octanol–water partition coefficient (Wildman–Crippen LogP) is 6.13. The smallest absolute Gasteiger partial charge is 0.329 e. The summed E-state index contributed by atoms with van der Waals surface area (Å²) < 4.78 is 16.4. The molecule has 0 bridgehead atoms. The van der Waals surface area contributed by atoms with Crippen LogP contribution in [0.25, 0.3) is 0 Å². The molecule has 0 aromatic rings. The van der Waals surface area contributed by atoms with Crippen molar-refractivity contribution in [3.8, 4) is 0 Å². The van der Waals surface area contributed by atoms with Crippen LogP contribution in [0, 0.1) is 5.41 Å². The highest BCUT2D eigenvalue weighted by Gasteiger charge is 2.31. The quantitative estimate of drug-likeness (QED) is 0.0703. The molecular formula is C39H72N4O9. The summed E-state index contributed by atoms with van der Waals surface area (Å²) in [6.07, 6.45) is 4.94. The fraction of sp³-hybridized carbons (Fsp3) is 0.846. The van der Waals surface area contributed by atoms with Gasteiger partial charge in [0, 0.05) is 31.8 Å². The van der Waals surface area contributed by atoms with Crippen LogP contribution in [0.3, 0.4) is 0 Å². The molecule has 13 nitrogen and oxygen atoms in total. The van der Waals surface area contributed by atoms with Crippen molar-refractivity contribution in [2.75, 3.05) is 13.1 Å². The Morgan fingerprint density at radius 3 is 1.69 bits per heavy atom. The van der Waals surface area contributed by atoms with Crippen LogP contribution in [0.1, 0.15) is 161 Å². The summed E-state index contributed by atoms with van der Waals surface area (Å²) in [7, 11) is 0. The molecule has 13 heteroatoms. The van der Waals surface area contributed by atoms with Gasteiger partial charge < -0.3 is 35.5 Å². The Hall–Kier alpha value is -3.22. The maximum absolute atomic E-state index is 13.3. The molecule has 0 aromatic heterocycles. The number of ether oxygens (including phenoxy) is 3. The number of nitrogens with one attached hydrogen (secondary N) is 2. The van der Waals surface area contributed by atoms with E-state index in [1.165, 1.54) is 4.90 Å². The third kappa shape index (κ3) is 24.1. The number of urea groups is 1. The number of rotatable bonds is 21. The van der Waals surface area contributed by atoms with Crippen LogP contribution < -0.4 is 16.4 Å². The first-order valence-corrected chi connectivity index (χ1v) is 18.9. The van der Waals surface area contributed by atoms with E-state index in [1.807, 2.05) is 20.8 Å². The van der Waals surface area contributed by atoms with Crippen molar-refractivity contribution in [2.45, 2.75) is 196 Å². The minimum atomic E-state index is -1.09. The number of hydrogen-bond donors (Lipinski definition) is 3. The summed E-state index contributed by atoms with van der Waals surface area (Å²) in [5.74, 6) is -2.19. The fourth-order valence-electron chi connectivity index (χ4n) is 5.18. The molecule has 0 aliphatic carbocycles. The molecule has 0 saturated heterocycles. The van der Waals surface area contributed by atoms with Gasteiger partial charge in [-0.25, -0.2) is 9.59 Å². The van der Waals surface area contributed by atoms with Crippen LogP contribution in [-0.2, 0) is 38.2 Å². The maximum atomic E-state index is 13.3. The van der Waals surface area contributed by atoms with Crippen LogP contribution in [0.15, 0.2) is 0 Å². The Balaban J connectivity index is 5.58. The number of ketones is 1. The van der Waals surface area contributed by atoms with Gasteiger partial charge in [-0.15, -0.1) is 0 Å². The van der Waals surface area contributed by atoms with Crippen molar-refractivity contribution < 1.29 is 43.0 Å². The Bertz CT molecular complexity index is 1160. The van der Waals surface area contributed by atoms with Gasteiger partial charge in [0.25, 0.3) is 0 Å². The molecule has 0 heterocycles. The van der Waals surface area contributed by atoms with Gasteiger partial charge in [-0.1, -0.05) is 47.0 Å². The molecule has 0 aliphatic heterocycles. The van der Waals surface area contributed by atoms with Crippen molar-refractivity contribution in [3.63, 3.8) is 0 Å². The van der Waals surface area contributed by atoms with Gasteiger partial charge in [0.2, 0.25) is 5.91 Å². The topological polar surface area (TPSA) is 183 Å². The Morgan fingerprint density at radius 1 is 0.635 bits per heavy atom. The van der Waals surface area contributed by atoms with E-state index in [2.05, 4.69) is 17.6 Å². The molecule has 0 aliphatic rings. The van der Waals surface area contributed by atoms with E-state index in [9.17, 15) is 28.8 Å². The van der Waals surface area contributed by atoms with E-state index in [1.54, 1.807) is 62.3 Å². The lowest BCUT2D eigenvalue weighted by Crippen LogP contribution is -2.53. The van der Waals surface area contributed by atoms with Gasteiger partial charge in [-0.3, -0.25) is 19.2 Å². The number of nitrogens with zero attached hydrogens (tertiary/aromatic N) is 1. The first-order chi connectivity index (χ1) is 23.6. The molecular weight excluding hydrogens is 668 g/mol. The zero-order valence-corrected chi connectivity index (χ0v) is 34.6. The number of unbranched alkanes of at least 4 members (excludes halogenated alkanes) is 3. The second-order valence-corrected chi connectivity index (χ2v) is 17.7. The molecule has 4 N–H and O–H groups in total. The Kier molecular flexibility index (Phi) is 20.7. The van der Waals surface area contributed by atoms with Gasteiger partial charge in [-0.05, 0) is 99.8 Å². The monoisotopic (exact) mass is 741 g/mol. The van der Waals surface area contributed by atoms with Gasteiger partial charge in [0.15, 0.2) is 0 Å². The summed E-state index contributed by atoms with van der Waals surface area (Å²) in [5.41, 5.74) is 3.46. The minimum absolute atomic E-state index is 0.00410. The lowest BCUT2D eigenvalue weighted by molar-refractivity contribution is -0.159. The van der Waals surface area contributed by atoms with Crippen LogP contribution >= 0.6 is 0 Å². The minimum Gasteiger partial charge on any atom is -0.460 e. The highest BCUT2D eigenvalue weighted by atomic mass is 16.6. The number of nitrogens with two attached hydrogens (primary N) is 1. The Morgan fingerprint density at radius 2 is 1.17 bits per heavy atom. The normalized spacial score (nSPS) is 14.0. The van der Waals surface area contributed by atoms with E-state index in [4.69, 9.17) is 19.9 Å². The first-order valence-electron chi connectivity index (χ1n) is 18.9. The van der Waals surface area contributed by atoms with Gasteiger partial charge in [0.1, 0.15) is 35.2 Å². The van der Waals surface area contributed by atoms with E-state index < -0.39 is 52.8 Å². The van der Waals surface area contributed by atoms with Gasteiger partial charge >= 0.3 is 23.9 Å². The van der Waals surface area contributed by atoms with Gasteiger partial charge in [-0.2, -0.15) is 0 Å². The number of hydrogen-bond acceptors (Lipinski definition) is 10. The molecule has 0 aromatic carbocycles. The van der Waals surface area contributed by atoms with Crippen LogP contribution in [0.2, 0.25) is 0 Å². The fourth-order valence-corrected chi connectivity index (χ4v) is 5.18. The number of amides is 3. The molecule has 52 heavy (non-hydrogen) atoms. The van der Waals surface area contributed by atoms with E-state index >= 15 is 0 Å². The molecule has 0 radical (unpaired) electrons. The average Bonchev–Trinajstić information content (AvgIpc) is 2.95. The van der Waals surface area contributed by atoms with E-state index in [-0.39, 0.29) is 61.9 Å². The summed E-state index contributed by atoms with van der Waals surface area (Å²) >= 11 is 0. The van der Waals surface area contributed by atoms with Crippen molar-refractivity contribution in [1.29, 1.82) is 0 Å². The van der Waals surface area contributed by atoms with Crippen molar-refractivity contribution in [2.24, 2.45) is 11.1 Å².